The normalized spacial score (nSPS) is 29.6. The number of hydrogen-bond acceptors (Lipinski definition) is 6. The zero-order valence-electron chi connectivity index (χ0n) is 14.8. The van der Waals surface area contributed by atoms with Gasteiger partial charge in [-0.05, 0) is 12.5 Å². The molecule has 0 amide bonds. The van der Waals surface area contributed by atoms with Gasteiger partial charge in [-0.3, -0.25) is 0 Å². The topological polar surface area (TPSA) is 99.4 Å². The molecule has 1 aromatic carbocycles. The van der Waals surface area contributed by atoms with Crippen molar-refractivity contribution in [2.75, 3.05) is 13.2 Å². The molecule has 4 N–H and O–H groups in total. The maximum absolute atomic E-state index is 10.3. The van der Waals surface area contributed by atoms with Crippen LogP contribution in [0.25, 0.3) is 0 Å². The number of ether oxygens (including phenoxy) is 2. The van der Waals surface area contributed by atoms with Gasteiger partial charge in [-0.2, -0.15) is 0 Å². The van der Waals surface area contributed by atoms with E-state index in [1.54, 1.807) is 18.2 Å². The standard InChI is InChI=1S/C19H30O6/c1-2-3-4-5-8-11-24-14-10-7-6-9-13(14)19-18(23)17(22)16(21)15(12-20)25-19/h6-7,9-10,15-23H,2-5,8,11-12H2,1H3/t15-,16-,17+,18-,19?/m1/s1. The molecule has 0 saturated carbocycles. The summed E-state index contributed by atoms with van der Waals surface area (Å²) in [4.78, 5) is 0. The second kappa shape index (κ2) is 10.1. The number of aliphatic hydroxyl groups is 4. The highest BCUT2D eigenvalue weighted by Gasteiger charge is 2.44. The Morgan fingerprint density at radius 1 is 0.960 bits per heavy atom. The van der Waals surface area contributed by atoms with Crippen molar-refractivity contribution in [1.29, 1.82) is 0 Å². The van der Waals surface area contributed by atoms with Gasteiger partial charge in [0.15, 0.2) is 0 Å². The molecular weight excluding hydrogens is 324 g/mol. The van der Waals surface area contributed by atoms with Gasteiger partial charge in [0.25, 0.3) is 0 Å². The first-order valence-corrected chi connectivity index (χ1v) is 9.12. The third-order valence-corrected chi connectivity index (χ3v) is 4.62. The molecule has 0 spiro atoms. The zero-order chi connectivity index (χ0) is 18.2. The van der Waals surface area contributed by atoms with Crippen LogP contribution in [0.4, 0.5) is 0 Å². The summed E-state index contributed by atoms with van der Waals surface area (Å²) in [5.74, 6) is 0.585. The number of para-hydroxylation sites is 1. The predicted octanol–water partition coefficient (Wildman–Crippen LogP) is 1.55. The van der Waals surface area contributed by atoms with Crippen molar-refractivity contribution in [2.24, 2.45) is 0 Å². The largest absolute Gasteiger partial charge is 0.493 e. The summed E-state index contributed by atoms with van der Waals surface area (Å²) in [7, 11) is 0. The van der Waals surface area contributed by atoms with Crippen molar-refractivity contribution in [2.45, 2.75) is 69.5 Å². The zero-order valence-corrected chi connectivity index (χ0v) is 14.8. The van der Waals surface area contributed by atoms with Crippen LogP contribution < -0.4 is 4.74 Å². The summed E-state index contributed by atoms with van der Waals surface area (Å²) < 4.78 is 11.5. The molecule has 1 fully saturated rings. The van der Waals surface area contributed by atoms with E-state index in [4.69, 9.17) is 9.47 Å². The minimum Gasteiger partial charge on any atom is -0.493 e. The Morgan fingerprint density at radius 2 is 1.68 bits per heavy atom. The highest BCUT2D eigenvalue weighted by Crippen LogP contribution is 2.36. The van der Waals surface area contributed by atoms with E-state index in [1.165, 1.54) is 19.3 Å². The molecule has 1 saturated heterocycles. The number of hydrogen-bond donors (Lipinski definition) is 4. The van der Waals surface area contributed by atoms with Gasteiger partial charge >= 0.3 is 0 Å². The van der Waals surface area contributed by atoms with Crippen molar-refractivity contribution >= 4 is 0 Å². The molecule has 1 aromatic rings. The van der Waals surface area contributed by atoms with E-state index in [-0.39, 0.29) is 0 Å². The van der Waals surface area contributed by atoms with Crippen LogP contribution in [0.3, 0.4) is 0 Å². The SMILES string of the molecule is CCCCCCCOc1ccccc1C1O[C@H](CO)[C@@H](O)[C@H](O)[C@H]1O. The van der Waals surface area contributed by atoms with Gasteiger partial charge in [-0.1, -0.05) is 50.8 Å². The lowest BCUT2D eigenvalue weighted by atomic mass is 9.91. The van der Waals surface area contributed by atoms with Crippen molar-refractivity contribution < 1.29 is 29.9 Å². The Hall–Kier alpha value is -1.18. The lowest BCUT2D eigenvalue weighted by Crippen LogP contribution is -2.55. The molecule has 6 heteroatoms. The highest BCUT2D eigenvalue weighted by molar-refractivity contribution is 5.36. The van der Waals surface area contributed by atoms with Crippen molar-refractivity contribution in [3.8, 4) is 5.75 Å². The molecule has 0 aromatic heterocycles. The monoisotopic (exact) mass is 354 g/mol. The molecule has 1 unspecified atom stereocenters. The molecule has 142 valence electrons. The Kier molecular flexibility index (Phi) is 8.12. The molecule has 0 radical (unpaired) electrons. The third-order valence-electron chi connectivity index (χ3n) is 4.62. The second-order valence-electron chi connectivity index (χ2n) is 6.55. The smallest absolute Gasteiger partial charge is 0.125 e. The van der Waals surface area contributed by atoms with Gasteiger partial charge in [0.05, 0.1) is 13.2 Å². The van der Waals surface area contributed by atoms with E-state index in [0.717, 1.165) is 12.8 Å². The molecule has 1 aliphatic heterocycles. The molecule has 1 aliphatic rings. The third kappa shape index (κ3) is 5.15. The number of benzene rings is 1. The Bertz CT molecular complexity index is 506. The molecule has 6 nitrogen and oxygen atoms in total. The number of aliphatic hydroxyl groups excluding tert-OH is 4. The van der Waals surface area contributed by atoms with Crippen LogP contribution in [0.1, 0.15) is 50.7 Å². The first-order valence-electron chi connectivity index (χ1n) is 9.12. The summed E-state index contributed by atoms with van der Waals surface area (Å²) >= 11 is 0. The molecule has 5 atom stereocenters. The van der Waals surface area contributed by atoms with Gasteiger partial charge in [0.2, 0.25) is 0 Å². The molecule has 0 bridgehead atoms. The van der Waals surface area contributed by atoms with Crippen molar-refractivity contribution in [1.82, 2.24) is 0 Å². The van der Waals surface area contributed by atoms with E-state index >= 15 is 0 Å². The fourth-order valence-corrected chi connectivity index (χ4v) is 3.09. The predicted molar refractivity (Wildman–Crippen MR) is 93.4 cm³/mol. The van der Waals surface area contributed by atoms with Crippen LogP contribution in [0, 0.1) is 0 Å². The molecule has 25 heavy (non-hydrogen) atoms. The average molecular weight is 354 g/mol. The lowest BCUT2D eigenvalue weighted by molar-refractivity contribution is -0.232. The summed E-state index contributed by atoms with van der Waals surface area (Å²) in [6.07, 6.45) is -0.180. The highest BCUT2D eigenvalue weighted by atomic mass is 16.5. The van der Waals surface area contributed by atoms with E-state index in [9.17, 15) is 20.4 Å². The minimum atomic E-state index is -1.39. The van der Waals surface area contributed by atoms with E-state index in [2.05, 4.69) is 6.92 Å². The first kappa shape index (κ1) is 20.1. The van der Waals surface area contributed by atoms with E-state index in [1.807, 2.05) is 6.07 Å². The van der Waals surface area contributed by atoms with Crippen LogP contribution in [0.15, 0.2) is 24.3 Å². The van der Waals surface area contributed by atoms with Crippen LogP contribution in [0.2, 0.25) is 0 Å². The summed E-state index contributed by atoms with van der Waals surface area (Å²) in [5, 5.41) is 39.5. The molecular formula is C19H30O6. The van der Waals surface area contributed by atoms with Crippen LogP contribution in [0.5, 0.6) is 5.75 Å². The fraction of sp³-hybridized carbons (Fsp3) is 0.684. The molecule has 1 heterocycles. The summed E-state index contributed by atoms with van der Waals surface area (Å²) in [6, 6.07) is 7.19. The van der Waals surface area contributed by atoms with Gasteiger partial charge in [-0.25, -0.2) is 0 Å². The fourth-order valence-electron chi connectivity index (χ4n) is 3.09. The van der Waals surface area contributed by atoms with Crippen molar-refractivity contribution in [3.63, 3.8) is 0 Å². The van der Waals surface area contributed by atoms with Gasteiger partial charge in [0.1, 0.15) is 36.3 Å². The molecule has 2 rings (SSSR count). The van der Waals surface area contributed by atoms with Crippen LogP contribution in [-0.2, 0) is 4.74 Å². The summed E-state index contributed by atoms with van der Waals surface area (Å²) in [5.41, 5.74) is 0.605. The van der Waals surface area contributed by atoms with E-state index in [0.29, 0.717) is 17.9 Å². The maximum atomic E-state index is 10.3. The average Bonchev–Trinajstić information content (AvgIpc) is 2.63. The molecule has 0 aliphatic carbocycles. The lowest BCUT2D eigenvalue weighted by Gasteiger charge is -2.40. The second-order valence-corrected chi connectivity index (χ2v) is 6.55. The number of rotatable bonds is 9. The van der Waals surface area contributed by atoms with Crippen LogP contribution >= 0.6 is 0 Å². The minimum absolute atomic E-state index is 0.443. The summed E-state index contributed by atoms with van der Waals surface area (Å²) in [6.45, 7) is 2.30. The van der Waals surface area contributed by atoms with Crippen molar-refractivity contribution in [3.05, 3.63) is 29.8 Å². The first-order chi connectivity index (χ1) is 12.1. The van der Waals surface area contributed by atoms with E-state index < -0.39 is 37.1 Å². The van der Waals surface area contributed by atoms with Crippen LogP contribution in [-0.4, -0.2) is 58.1 Å². The Balaban J connectivity index is 2.03. The Labute approximate surface area is 149 Å². The maximum Gasteiger partial charge on any atom is 0.125 e. The van der Waals surface area contributed by atoms with Gasteiger partial charge in [0, 0.05) is 5.56 Å². The van der Waals surface area contributed by atoms with Gasteiger partial charge < -0.3 is 29.9 Å². The number of unbranched alkanes of at least 4 members (excludes halogenated alkanes) is 4. The Morgan fingerprint density at radius 3 is 2.40 bits per heavy atom. The quantitative estimate of drug-likeness (QED) is 0.502. The van der Waals surface area contributed by atoms with Gasteiger partial charge in [-0.15, -0.1) is 0 Å².